The smallest absolute Gasteiger partial charge is 0.308 e. The van der Waals surface area contributed by atoms with Crippen LogP contribution in [0.15, 0.2) is 18.2 Å². The van der Waals surface area contributed by atoms with E-state index in [0.717, 1.165) is 24.8 Å². The third-order valence-corrected chi connectivity index (χ3v) is 6.63. The molecule has 3 aliphatic rings. The second-order valence-corrected chi connectivity index (χ2v) is 8.57. The van der Waals surface area contributed by atoms with Gasteiger partial charge in [0, 0.05) is 17.3 Å². The minimum atomic E-state index is -0.622. The van der Waals surface area contributed by atoms with E-state index in [-0.39, 0.29) is 36.6 Å². The Kier molecular flexibility index (Phi) is 5.34. The molecule has 1 aliphatic heterocycles. The minimum absolute atomic E-state index is 0.0119. The van der Waals surface area contributed by atoms with E-state index in [1.807, 2.05) is 6.92 Å². The van der Waals surface area contributed by atoms with Crippen molar-refractivity contribution in [2.24, 2.45) is 23.7 Å². The Morgan fingerprint density at radius 1 is 1.17 bits per heavy atom. The van der Waals surface area contributed by atoms with Crippen LogP contribution in [0.4, 0.5) is 5.69 Å². The number of benzene rings is 1. The van der Waals surface area contributed by atoms with Crippen LogP contribution in [-0.4, -0.2) is 41.7 Å². The molecule has 1 heterocycles. The first kappa shape index (κ1) is 19.9. The molecule has 1 aromatic rings. The Bertz CT molecular complexity index is 858. The quantitative estimate of drug-likeness (QED) is 0.566. The summed E-state index contributed by atoms with van der Waals surface area (Å²) in [6.07, 6.45) is 2.89. The third kappa shape index (κ3) is 3.75. The van der Waals surface area contributed by atoms with Crippen molar-refractivity contribution < 1.29 is 23.9 Å². The van der Waals surface area contributed by atoms with Gasteiger partial charge in [-0.2, -0.15) is 0 Å². The van der Waals surface area contributed by atoms with E-state index in [4.69, 9.17) is 16.3 Å². The highest BCUT2D eigenvalue weighted by Crippen LogP contribution is 2.56. The van der Waals surface area contributed by atoms with Crippen LogP contribution in [0.1, 0.15) is 31.2 Å². The Labute approximate surface area is 173 Å². The average molecular weight is 419 g/mol. The lowest BCUT2D eigenvalue weighted by atomic mass is 9.81. The number of fused-ring (bicyclic) bond motifs is 5. The van der Waals surface area contributed by atoms with Gasteiger partial charge in [0.25, 0.3) is 5.91 Å². The second-order valence-electron chi connectivity index (χ2n) is 8.13. The number of esters is 1. The third-order valence-electron chi connectivity index (χ3n) is 6.40. The molecular weight excluding hydrogens is 396 g/mol. The van der Waals surface area contributed by atoms with Crippen LogP contribution in [0.3, 0.4) is 0 Å². The number of carbonyl (C=O) groups excluding carboxylic acids is 4. The van der Waals surface area contributed by atoms with Crippen molar-refractivity contribution in [2.75, 3.05) is 18.5 Å². The van der Waals surface area contributed by atoms with Crippen molar-refractivity contribution in [1.29, 1.82) is 0 Å². The van der Waals surface area contributed by atoms with Gasteiger partial charge in [-0.15, -0.1) is 0 Å². The van der Waals surface area contributed by atoms with Crippen molar-refractivity contribution in [3.05, 3.63) is 28.8 Å². The van der Waals surface area contributed by atoms with E-state index in [2.05, 4.69) is 5.32 Å². The molecule has 0 spiro atoms. The topological polar surface area (TPSA) is 92.8 Å². The van der Waals surface area contributed by atoms with E-state index < -0.39 is 18.5 Å². The molecule has 3 amide bonds. The molecule has 4 atom stereocenters. The number of carbonyl (C=O) groups is 4. The summed E-state index contributed by atoms with van der Waals surface area (Å²) in [5, 5.41) is 3.13. The first-order valence-corrected chi connectivity index (χ1v) is 10.3. The lowest BCUT2D eigenvalue weighted by molar-refractivity contribution is -0.149. The van der Waals surface area contributed by atoms with Crippen LogP contribution >= 0.6 is 11.6 Å². The van der Waals surface area contributed by atoms with Crippen LogP contribution < -0.4 is 5.32 Å². The van der Waals surface area contributed by atoms with E-state index in [1.54, 1.807) is 18.2 Å². The lowest BCUT2D eigenvalue weighted by Gasteiger charge is -2.19. The predicted molar refractivity (Wildman–Crippen MR) is 105 cm³/mol. The molecule has 1 saturated heterocycles. The number of aryl methyl sites for hydroxylation is 1. The highest BCUT2D eigenvalue weighted by atomic mass is 35.5. The van der Waals surface area contributed by atoms with Crippen LogP contribution in [0.5, 0.6) is 0 Å². The molecule has 0 unspecified atom stereocenters. The molecule has 4 rings (SSSR count). The molecule has 8 heteroatoms. The van der Waals surface area contributed by atoms with Gasteiger partial charge in [-0.1, -0.05) is 17.7 Å². The largest absolute Gasteiger partial charge is 0.456 e. The molecule has 29 heavy (non-hydrogen) atoms. The number of hydrogen-bond acceptors (Lipinski definition) is 5. The summed E-state index contributed by atoms with van der Waals surface area (Å²) in [7, 11) is 0. The number of rotatable bonds is 6. The standard InChI is InChI=1S/C21H23ClN2O5/c1-11-2-5-14(22)9-15(11)23-16(25)10-29-17(26)6-7-24-20(27)18-12-3-4-13(8-12)19(18)21(24)28/h2,5,9,12-13,18-19H,3-4,6-8,10H2,1H3,(H,23,25)/t12-,13-,18-,19+/m1/s1. The van der Waals surface area contributed by atoms with E-state index >= 15 is 0 Å². The van der Waals surface area contributed by atoms with Crippen molar-refractivity contribution >= 4 is 41.0 Å². The molecule has 2 saturated carbocycles. The number of likely N-dealkylation sites (tertiary alicyclic amines) is 1. The first-order valence-electron chi connectivity index (χ1n) is 9.92. The molecule has 7 nitrogen and oxygen atoms in total. The molecule has 154 valence electrons. The maximum atomic E-state index is 12.6. The summed E-state index contributed by atoms with van der Waals surface area (Å²) in [6.45, 7) is 1.39. The van der Waals surface area contributed by atoms with Gasteiger partial charge in [-0.05, 0) is 55.7 Å². The van der Waals surface area contributed by atoms with E-state index in [9.17, 15) is 19.2 Å². The van der Waals surface area contributed by atoms with Gasteiger partial charge < -0.3 is 10.1 Å². The number of anilines is 1. The fourth-order valence-corrected chi connectivity index (χ4v) is 5.20. The predicted octanol–water partition coefficient (Wildman–Crippen LogP) is 2.55. The number of hydrogen-bond donors (Lipinski definition) is 1. The van der Waals surface area contributed by atoms with Crippen molar-refractivity contribution in [2.45, 2.75) is 32.6 Å². The van der Waals surface area contributed by atoms with Gasteiger partial charge in [0.05, 0.1) is 18.3 Å². The summed E-state index contributed by atoms with van der Waals surface area (Å²) in [5.41, 5.74) is 1.38. The maximum Gasteiger partial charge on any atom is 0.308 e. The number of halogens is 1. The Balaban J connectivity index is 1.24. The van der Waals surface area contributed by atoms with Gasteiger partial charge in [-0.25, -0.2) is 0 Å². The van der Waals surface area contributed by atoms with Gasteiger partial charge in [0.15, 0.2) is 6.61 Å². The summed E-state index contributed by atoms with van der Waals surface area (Å²) >= 11 is 5.92. The van der Waals surface area contributed by atoms with E-state index in [0.29, 0.717) is 22.5 Å². The lowest BCUT2D eigenvalue weighted by Crippen LogP contribution is -2.35. The average Bonchev–Trinajstić information content (AvgIpc) is 3.36. The molecule has 2 bridgehead atoms. The number of nitrogens with one attached hydrogen (secondary N) is 1. The summed E-state index contributed by atoms with van der Waals surface area (Å²) in [5.74, 6) is -1.14. The Morgan fingerprint density at radius 3 is 2.48 bits per heavy atom. The van der Waals surface area contributed by atoms with Gasteiger partial charge in [0.2, 0.25) is 11.8 Å². The molecule has 1 aromatic carbocycles. The molecule has 0 aromatic heterocycles. The second kappa shape index (κ2) is 7.78. The van der Waals surface area contributed by atoms with Crippen LogP contribution in [0.2, 0.25) is 5.02 Å². The number of amides is 3. The fraction of sp³-hybridized carbons (Fsp3) is 0.524. The fourth-order valence-electron chi connectivity index (χ4n) is 5.03. The molecular formula is C21H23ClN2O5. The van der Waals surface area contributed by atoms with Crippen molar-refractivity contribution in [1.82, 2.24) is 4.90 Å². The molecule has 3 fully saturated rings. The number of nitrogens with zero attached hydrogens (tertiary/aromatic N) is 1. The van der Waals surface area contributed by atoms with Crippen molar-refractivity contribution in [3.63, 3.8) is 0 Å². The van der Waals surface area contributed by atoms with Gasteiger partial charge in [-0.3, -0.25) is 24.1 Å². The maximum absolute atomic E-state index is 12.6. The first-order chi connectivity index (χ1) is 13.8. The molecule has 1 N–H and O–H groups in total. The number of imide groups is 1. The Morgan fingerprint density at radius 2 is 1.83 bits per heavy atom. The summed E-state index contributed by atoms with van der Waals surface area (Å²) in [4.78, 5) is 50.4. The summed E-state index contributed by atoms with van der Waals surface area (Å²) in [6, 6.07) is 5.11. The minimum Gasteiger partial charge on any atom is -0.456 e. The van der Waals surface area contributed by atoms with Gasteiger partial charge in [0.1, 0.15) is 0 Å². The zero-order valence-corrected chi connectivity index (χ0v) is 16.9. The Hall–Kier alpha value is -2.41. The van der Waals surface area contributed by atoms with Crippen LogP contribution in [0.25, 0.3) is 0 Å². The van der Waals surface area contributed by atoms with E-state index in [1.165, 1.54) is 4.90 Å². The van der Waals surface area contributed by atoms with Gasteiger partial charge >= 0.3 is 5.97 Å². The van der Waals surface area contributed by atoms with Crippen LogP contribution in [-0.2, 0) is 23.9 Å². The van der Waals surface area contributed by atoms with Crippen LogP contribution in [0, 0.1) is 30.6 Å². The van der Waals surface area contributed by atoms with Crippen molar-refractivity contribution in [3.8, 4) is 0 Å². The molecule has 0 radical (unpaired) electrons. The zero-order valence-electron chi connectivity index (χ0n) is 16.2. The SMILES string of the molecule is Cc1ccc(Cl)cc1NC(=O)COC(=O)CCN1C(=O)[C@@H]2[C@@H]3CC[C@H](C3)[C@@H]2C1=O. The normalized spacial score (nSPS) is 27.3. The summed E-state index contributed by atoms with van der Waals surface area (Å²) < 4.78 is 4.99. The highest BCUT2D eigenvalue weighted by Gasteiger charge is 2.60. The number of ether oxygens (including phenoxy) is 1. The highest BCUT2D eigenvalue weighted by molar-refractivity contribution is 6.31. The molecule has 2 aliphatic carbocycles. The zero-order chi connectivity index (χ0) is 20.7. The monoisotopic (exact) mass is 418 g/mol.